The zero-order valence-corrected chi connectivity index (χ0v) is 12.7. The molecule has 0 radical (unpaired) electrons. The molecule has 6 heteroatoms. The lowest BCUT2D eigenvalue weighted by molar-refractivity contribution is 0.102. The quantitative estimate of drug-likeness (QED) is 0.830. The highest BCUT2D eigenvalue weighted by Crippen LogP contribution is 2.26. The van der Waals surface area contributed by atoms with Crippen molar-refractivity contribution in [3.05, 3.63) is 56.8 Å². The summed E-state index contributed by atoms with van der Waals surface area (Å²) < 4.78 is 13.8. The number of aromatic hydroxyl groups is 1. The number of rotatable bonds is 2. The van der Waals surface area contributed by atoms with Crippen LogP contribution >= 0.6 is 27.5 Å². The summed E-state index contributed by atoms with van der Waals surface area (Å²) in [5, 5.41) is 12.0. The maximum atomic E-state index is 13.5. The highest BCUT2D eigenvalue weighted by molar-refractivity contribution is 9.10. The molecular formula is C14H10BrClFNO2. The molecule has 0 bridgehead atoms. The molecule has 104 valence electrons. The largest absolute Gasteiger partial charge is 0.506 e. The van der Waals surface area contributed by atoms with Gasteiger partial charge in [-0.05, 0) is 58.7 Å². The van der Waals surface area contributed by atoms with Crippen LogP contribution in [0.4, 0.5) is 10.1 Å². The summed E-state index contributed by atoms with van der Waals surface area (Å²) in [5.41, 5.74) is 1.37. The lowest BCUT2D eigenvalue weighted by Gasteiger charge is -2.10. The number of hydrogen-bond acceptors (Lipinski definition) is 2. The van der Waals surface area contributed by atoms with E-state index in [1.165, 1.54) is 24.3 Å². The van der Waals surface area contributed by atoms with Crippen molar-refractivity contribution >= 4 is 39.1 Å². The zero-order chi connectivity index (χ0) is 14.9. The fraction of sp³-hybridized carbons (Fsp3) is 0.0714. The average Bonchev–Trinajstić information content (AvgIpc) is 2.39. The average molecular weight is 359 g/mol. The Labute approximate surface area is 128 Å². The summed E-state index contributed by atoms with van der Waals surface area (Å²) in [6.45, 7) is 1.75. The number of aryl methyl sites for hydroxylation is 1. The van der Waals surface area contributed by atoms with Crippen LogP contribution in [0.2, 0.25) is 5.02 Å². The second kappa shape index (κ2) is 5.81. The predicted octanol–water partition coefficient (Wildman–Crippen LogP) is 4.51. The Morgan fingerprint density at radius 1 is 1.35 bits per heavy atom. The van der Waals surface area contributed by atoms with Crippen LogP contribution in [0.5, 0.6) is 5.75 Å². The van der Waals surface area contributed by atoms with Crippen LogP contribution in [0.1, 0.15) is 15.9 Å². The molecular weight excluding hydrogens is 349 g/mol. The van der Waals surface area contributed by atoms with Crippen LogP contribution in [0.15, 0.2) is 34.8 Å². The number of benzene rings is 2. The Bertz CT molecular complexity index is 691. The third-order valence-corrected chi connectivity index (χ3v) is 3.64. The molecule has 2 rings (SSSR count). The number of carbonyl (C=O) groups excluding carboxylic acids is 1. The standard InChI is InChI=1S/C14H10BrClFNO2/c1-7-4-9(15)11(17)6-12(7)18-14(20)8-2-3-13(19)10(16)5-8/h2-6,19H,1H3,(H,18,20). The predicted molar refractivity (Wildman–Crippen MR) is 79.9 cm³/mol. The summed E-state index contributed by atoms with van der Waals surface area (Å²) in [7, 11) is 0. The van der Waals surface area contributed by atoms with Crippen LogP contribution < -0.4 is 5.32 Å². The van der Waals surface area contributed by atoms with Gasteiger partial charge in [0, 0.05) is 11.3 Å². The van der Waals surface area contributed by atoms with Gasteiger partial charge in [0.25, 0.3) is 5.91 Å². The first-order valence-corrected chi connectivity index (χ1v) is 6.81. The van der Waals surface area contributed by atoms with Gasteiger partial charge in [-0.1, -0.05) is 11.6 Å². The van der Waals surface area contributed by atoms with Gasteiger partial charge in [0.05, 0.1) is 9.50 Å². The minimum Gasteiger partial charge on any atom is -0.506 e. The molecule has 2 aromatic rings. The fourth-order valence-corrected chi connectivity index (χ4v) is 2.26. The molecule has 0 saturated carbocycles. The second-order valence-electron chi connectivity index (χ2n) is 4.20. The molecule has 2 N–H and O–H groups in total. The lowest BCUT2D eigenvalue weighted by atomic mass is 10.1. The Balaban J connectivity index is 2.27. The van der Waals surface area contributed by atoms with E-state index in [0.717, 1.165) is 5.56 Å². The van der Waals surface area contributed by atoms with Crippen molar-refractivity contribution in [3.63, 3.8) is 0 Å². The van der Waals surface area contributed by atoms with Crippen LogP contribution in [0, 0.1) is 12.7 Å². The number of hydrogen-bond donors (Lipinski definition) is 2. The molecule has 20 heavy (non-hydrogen) atoms. The van der Waals surface area contributed by atoms with Crippen molar-refractivity contribution in [1.29, 1.82) is 0 Å². The van der Waals surface area contributed by atoms with Crippen LogP contribution in [-0.4, -0.2) is 11.0 Å². The molecule has 2 aromatic carbocycles. The van der Waals surface area contributed by atoms with E-state index < -0.39 is 11.7 Å². The molecule has 0 spiro atoms. The minimum atomic E-state index is -0.463. The zero-order valence-electron chi connectivity index (χ0n) is 10.4. The van der Waals surface area contributed by atoms with E-state index >= 15 is 0 Å². The first kappa shape index (κ1) is 14.8. The van der Waals surface area contributed by atoms with Gasteiger partial charge in [0.15, 0.2) is 0 Å². The second-order valence-corrected chi connectivity index (χ2v) is 5.46. The SMILES string of the molecule is Cc1cc(Br)c(F)cc1NC(=O)c1ccc(O)c(Cl)c1. The fourth-order valence-electron chi connectivity index (χ4n) is 1.62. The molecule has 0 aliphatic rings. The van der Waals surface area contributed by atoms with Crippen molar-refractivity contribution in [2.45, 2.75) is 6.92 Å². The number of phenolic OH excluding ortho intramolecular Hbond substituents is 1. The molecule has 0 saturated heterocycles. The Hall–Kier alpha value is -1.59. The van der Waals surface area contributed by atoms with Crippen molar-refractivity contribution < 1.29 is 14.3 Å². The van der Waals surface area contributed by atoms with Gasteiger partial charge < -0.3 is 10.4 Å². The van der Waals surface area contributed by atoms with Crippen molar-refractivity contribution in [2.24, 2.45) is 0 Å². The molecule has 0 aliphatic heterocycles. The van der Waals surface area contributed by atoms with Crippen LogP contribution in [-0.2, 0) is 0 Å². The number of phenols is 1. The first-order chi connectivity index (χ1) is 9.38. The van der Waals surface area contributed by atoms with E-state index in [1.54, 1.807) is 13.0 Å². The molecule has 0 atom stereocenters. The molecule has 0 aromatic heterocycles. The summed E-state index contributed by atoms with van der Waals surface area (Å²) in [6.07, 6.45) is 0. The van der Waals surface area contributed by atoms with Gasteiger partial charge in [-0.2, -0.15) is 0 Å². The van der Waals surface area contributed by atoms with E-state index in [2.05, 4.69) is 21.2 Å². The first-order valence-electron chi connectivity index (χ1n) is 5.64. The van der Waals surface area contributed by atoms with Crippen LogP contribution in [0.25, 0.3) is 0 Å². The maximum absolute atomic E-state index is 13.5. The minimum absolute atomic E-state index is 0.0800. The molecule has 0 fully saturated rings. The molecule has 0 heterocycles. The van der Waals surface area contributed by atoms with Gasteiger partial charge in [0.2, 0.25) is 0 Å². The number of anilines is 1. The number of nitrogens with one attached hydrogen (secondary N) is 1. The van der Waals surface area contributed by atoms with Gasteiger partial charge in [-0.25, -0.2) is 4.39 Å². The van der Waals surface area contributed by atoms with E-state index in [4.69, 9.17) is 11.6 Å². The lowest BCUT2D eigenvalue weighted by Crippen LogP contribution is -2.13. The van der Waals surface area contributed by atoms with Crippen molar-refractivity contribution in [2.75, 3.05) is 5.32 Å². The van der Waals surface area contributed by atoms with E-state index in [-0.39, 0.29) is 16.3 Å². The third kappa shape index (κ3) is 3.11. The molecule has 0 unspecified atom stereocenters. The smallest absolute Gasteiger partial charge is 0.255 e. The monoisotopic (exact) mass is 357 g/mol. The summed E-state index contributed by atoms with van der Waals surface area (Å²) in [6, 6.07) is 6.91. The Morgan fingerprint density at radius 3 is 2.70 bits per heavy atom. The van der Waals surface area contributed by atoms with Gasteiger partial charge >= 0.3 is 0 Å². The maximum Gasteiger partial charge on any atom is 0.255 e. The van der Waals surface area contributed by atoms with Gasteiger partial charge in [-0.3, -0.25) is 4.79 Å². The molecule has 0 aliphatic carbocycles. The highest BCUT2D eigenvalue weighted by Gasteiger charge is 2.12. The molecule has 1 amide bonds. The van der Waals surface area contributed by atoms with Crippen molar-refractivity contribution in [1.82, 2.24) is 0 Å². The highest BCUT2D eigenvalue weighted by atomic mass is 79.9. The topological polar surface area (TPSA) is 49.3 Å². The van der Waals surface area contributed by atoms with E-state index in [1.807, 2.05) is 0 Å². The molecule has 3 nitrogen and oxygen atoms in total. The van der Waals surface area contributed by atoms with Gasteiger partial charge in [-0.15, -0.1) is 0 Å². The summed E-state index contributed by atoms with van der Waals surface area (Å²) in [4.78, 5) is 12.0. The normalized spacial score (nSPS) is 10.4. The Kier molecular flexibility index (Phi) is 4.30. The third-order valence-electron chi connectivity index (χ3n) is 2.73. The van der Waals surface area contributed by atoms with E-state index in [0.29, 0.717) is 10.2 Å². The number of carbonyl (C=O) groups is 1. The summed E-state index contributed by atoms with van der Waals surface area (Å²) in [5.74, 6) is -1.000. The van der Waals surface area contributed by atoms with Crippen molar-refractivity contribution in [3.8, 4) is 5.75 Å². The summed E-state index contributed by atoms with van der Waals surface area (Å²) >= 11 is 8.82. The van der Waals surface area contributed by atoms with Crippen LogP contribution in [0.3, 0.4) is 0 Å². The van der Waals surface area contributed by atoms with Gasteiger partial charge in [0.1, 0.15) is 11.6 Å². The number of amides is 1. The number of halogens is 3. The Morgan fingerprint density at radius 2 is 2.05 bits per heavy atom. The van der Waals surface area contributed by atoms with E-state index in [9.17, 15) is 14.3 Å².